The Hall–Kier alpha value is -1.99. The molecule has 1 amide bonds. The van der Waals surface area contributed by atoms with Gasteiger partial charge in [0.15, 0.2) is 0 Å². The number of hydrogen-bond acceptors (Lipinski definition) is 6. The molecule has 0 N–H and O–H groups in total. The van der Waals surface area contributed by atoms with Crippen molar-refractivity contribution >= 4 is 28.6 Å². The van der Waals surface area contributed by atoms with Crippen LogP contribution >= 0.6 is 22.7 Å². The predicted molar refractivity (Wildman–Crippen MR) is 115 cm³/mol. The van der Waals surface area contributed by atoms with Gasteiger partial charge < -0.3 is 9.42 Å². The number of thiophene rings is 2. The van der Waals surface area contributed by atoms with Crippen LogP contribution in [-0.2, 0) is 16.6 Å². The smallest absolute Gasteiger partial charge is 0.234 e. The highest BCUT2D eigenvalue weighted by Gasteiger charge is 2.46. The molecule has 1 aliphatic carbocycles. The zero-order chi connectivity index (χ0) is 19.7. The second kappa shape index (κ2) is 8.03. The maximum absolute atomic E-state index is 13.7. The molecule has 0 unspecified atom stereocenters. The summed E-state index contributed by atoms with van der Waals surface area (Å²) in [6.45, 7) is 1.66. The van der Waals surface area contributed by atoms with Gasteiger partial charge in [0.1, 0.15) is 0 Å². The van der Waals surface area contributed by atoms with Crippen molar-refractivity contribution in [2.45, 2.75) is 50.4 Å². The van der Waals surface area contributed by atoms with E-state index in [1.807, 2.05) is 16.8 Å². The lowest BCUT2D eigenvalue weighted by molar-refractivity contribution is -0.139. The quantitative estimate of drug-likeness (QED) is 0.565. The SMILES string of the molecule is O=C(N1CCC[C@@H](Cc2nc(-c3ccsc3)no2)C1)C1(c2cccs2)CCCC1. The van der Waals surface area contributed by atoms with Gasteiger partial charge in [-0.2, -0.15) is 16.3 Å². The third-order valence-electron chi connectivity index (χ3n) is 6.38. The summed E-state index contributed by atoms with van der Waals surface area (Å²) in [5.74, 6) is 2.06. The van der Waals surface area contributed by atoms with Gasteiger partial charge in [-0.3, -0.25) is 4.79 Å². The van der Waals surface area contributed by atoms with E-state index in [-0.39, 0.29) is 5.41 Å². The van der Waals surface area contributed by atoms with E-state index in [4.69, 9.17) is 4.52 Å². The van der Waals surface area contributed by atoms with E-state index >= 15 is 0 Å². The van der Waals surface area contributed by atoms with Gasteiger partial charge in [-0.1, -0.05) is 24.1 Å². The summed E-state index contributed by atoms with van der Waals surface area (Å²) < 4.78 is 5.51. The van der Waals surface area contributed by atoms with Crippen LogP contribution < -0.4 is 0 Å². The molecule has 3 aromatic heterocycles. The first-order valence-electron chi connectivity index (χ1n) is 10.4. The summed E-state index contributed by atoms with van der Waals surface area (Å²) >= 11 is 3.36. The third-order valence-corrected chi connectivity index (χ3v) is 8.13. The maximum Gasteiger partial charge on any atom is 0.234 e. The normalized spacial score (nSPS) is 21.5. The van der Waals surface area contributed by atoms with E-state index in [1.165, 1.54) is 4.88 Å². The molecule has 1 aliphatic heterocycles. The number of amides is 1. The van der Waals surface area contributed by atoms with Crippen LogP contribution in [0.25, 0.3) is 11.4 Å². The zero-order valence-electron chi connectivity index (χ0n) is 16.4. The third kappa shape index (κ3) is 3.66. The average molecular weight is 428 g/mol. The lowest BCUT2D eigenvalue weighted by Gasteiger charge is -2.38. The van der Waals surface area contributed by atoms with E-state index in [1.54, 1.807) is 22.7 Å². The van der Waals surface area contributed by atoms with Gasteiger partial charge in [-0.25, -0.2) is 0 Å². The van der Waals surface area contributed by atoms with Gasteiger partial charge in [-0.15, -0.1) is 11.3 Å². The van der Waals surface area contributed by atoms with E-state index in [0.29, 0.717) is 23.5 Å². The van der Waals surface area contributed by atoms with Gasteiger partial charge in [0.25, 0.3) is 0 Å². The molecule has 0 aromatic carbocycles. The van der Waals surface area contributed by atoms with E-state index in [9.17, 15) is 4.79 Å². The highest BCUT2D eigenvalue weighted by molar-refractivity contribution is 7.10. The van der Waals surface area contributed by atoms with Crippen LogP contribution in [0.2, 0.25) is 0 Å². The topological polar surface area (TPSA) is 59.2 Å². The molecule has 29 heavy (non-hydrogen) atoms. The lowest BCUT2D eigenvalue weighted by Crippen LogP contribution is -2.49. The Bertz CT molecular complexity index is 943. The Morgan fingerprint density at radius 2 is 2.14 bits per heavy atom. The number of carbonyl (C=O) groups excluding carboxylic acids is 1. The van der Waals surface area contributed by atoms with Crippen LogP contribution in [0.15, 0.2) is 38.9 Å². The van der Waals surface area contributed by atoms with Gasteiger partial charge in [-0.05, 0) is 54.5 Å². The lowest BCUT2D eigenvalue weighted by atomic mass is 9.81. The Balaban J connectivity index is 1.29. The maximum atomic E-state index is 13.7. The molecular weight excluding hydrogens is 402 g/mol. The molecule has 1 saturated heterocycles. The molecular formula is C22H25N3O2S2. The number of rotatable bonds is 5. The van der Waals surface area contributed by atoms with Crippen molar-refractivity contribution in [3.05, 3.63) is 45.1 Å². The van der Waals surface area contributed by atoms with Crippen molar-refractivity contribution in [1.29, 1.82) is 0 Å². The number of carbonyl (C=O) groups is 1. The minimum atomic E-state index is -0.285. The minimum absolute atomic E-state index is 0.285. The molecule has 5 nitrogen and oxygen atoms in total. The second-order valence-corrected chi connectivity index (χ2v) is 9.98. The minimum Gasteiger partial charge on any atom is -0.342 e. The fraction of sp³-hybridized carbons (Fsp3) is 0.500. The highest BCUT2D eigenvalue weighted by atomic mass is 32.1. The molecule has 2 aliphatic rings. The molecule has 0 spiro atoms. The predicted octanol–water partition coefficient (Wildman–Crippen LogP) is 5.15. The summed E-state index contributed by atoms with van der Waals surface area (Å²) in [5, 5.41) is 10.3. The van der Waals surface area contributed by atoms with Crippen molar-refractivity contribution in [2.24, 2.45) is 5.92 Å². The first-order chi connectivity index (χ1) is 14.2. The van der Waals surface area contributed by atoms with Crippen LogP contribution in [0.5, 0.6) is 0 Å². The molecule has 5 rings (SSSR count). The number of piperidine rings is 1. The van der Waals surface area contributed by atoms with Gasteiger partial charge in [0.2, 0.25) is 17.6 Å². The molecule has 1 atom stereocenters. The summed E-state index contributed by atoms with van der Waals surface area (Å²) in [4.78, 5) is 21.6. The molecule has 2 fully saturated rings. The molecule has 0 radical (unpaired) electrons. The van der Waals surface area contributed by atoms with Crippen molar-refractivity contribution in [2.75, 3.05) is 13.1 Å². The van der Waals surface area contributed by atoms with Gasteiger partial charge in [0, 0.05) is 35.3 Å². The van der Waals surface area contributed by atoms with Crippen LogP contribution in [-0.4, -0.2) is 34.0 Å². The van der Waals surface area contributed by atoms with Crippen molar-refractivity contribution in [1.82, 2.24) is 15.0 Å². The highest BCUT2D eigenvalue weighted by Crippen LogP contribution is 2.45. The molecule has 1 saturated carbocycles. The summed E-state index contributed by atoms with van der Waals surface area (Å²) in [6.07, 6.45) is 7.16. The summed E-state index contributed by atoms with van der Waals surface area (Å²) in [5.41, 5.74) is 0.719. The van der Waals surface area contributed by atoms with Gasteiger partial charge >= 0.3 is 0 Å². The van der Waals surface area contributed by atoms with Crippen LogP contribution in [0.1, 0.15) is 49.3 Å². The van der Waals surface area contributed by atoms with Crippen LogP contribution in [0, 0.1) is 5.92 Å². The molecule has 3 aromatic rings. The molecule has 152 valence electrons. The fourth-order valence-corrected chi connectivity index (χ4v) is 6.52. The van der Waals surface area contributed by atoms with Crippen molar-refractivity contribution < 1.29 is 9.32 Å². The first kappa shape index (κ1) is 19.0. The monoisotopic (exact) mass is 427 g/mol. The Labute approximate surface area is 178 Å². The Morgan fingerprint density at radius 3 is 2.90 bits per heavy atom. The van der Waals surface area contributed by atoms with Crippen molar-refractivity contribution in [3.63, 3.8) is 0 Å². The number of nitrogens with zero attached hydrogens (tertiary/aromatic N) is 3. The van der Waals surface area contributed by atoms with Gasteiger partial charge in [0.05, 0.1) is 5.41 Å². The van der Waals surface area contributed by atoms with E-state index in [2.05, 4.69) is 32.6 Å². The molecule has 7 heteroatoms. The number of aromatic nitrogens is 2. The number of hydrogen-bond donors (Lipinski definition) is 0. The fourth-order valence-electron chi connectivity index (χ4n) is 4.91. The largest absolute Gasteiger partial charge is 0.342 e. The molecule has 4 heterocycles. The van der Waals surface area contributed by atoms with E-state index < -0.39 is 0 Å². The van der Waals surface area contributed by atoms with Crippen LogP contribution in [0.4, 0.5) is 0 Å². The van der Waals surface area contributed by atoms with Crippen LogP contribution in [0.3, 0.4) is 0 Å². The van der Waals surface area contributed by atoms with E-state index in [0.717, 1.165) is 63.6 Å². The second-order valence-electron chi connectivity index (χ2n) is 8.25. The standard InChI is InChI=1S/C22H25N3O2S2/c26-21(22(8-1-2-9-22)18-6-4-11-29-18)25-10-3-5-16(14-25)13-19-23-20(24-27-19)17-7-12-28-15-17/h4,6-7,11-12,15-16H,1-3,5,8-10,13-14H2/t16-/m0/s1. The first-order valence-corrected chi connectivity index (χ1v) is 12.3. The average Bonchev–Trinajstić information content (AvgIpc) is 3.55. The summed E-state index contributed by atoms with van der Waals surface area (Å²) in [6, 6.07) is 6.23. The molecule has 0 bridgehead atoms. The summed E-state index contributed by atoms with van der Waals surface area (Å²) in [7, 11) is 0. The Kier molecular flexibility index (Phi) is 5.26. The number of likely N-dealkylation sites (tertiary alicyclic amines) is 1. The zero-order valence-corrected chi connectivity index (χ0v) is 18.0. The Morgan fingerprint density at radius 1 is 1.24 bits per heavy atom. The van der Waals surface area contributed by atoms with Crippen molar-refractivity contribution in [3.8, 4) is 11.4 Å².